The molecule has 130 valence electrons. The minimum absolute atomic E-state index is 0.0818. The maximum Gasteiger partial charge on any atom is 0.338 e. The molecule has 2 aromatic carbocycles. The molecule has 0 fully saturated rings. The van der Waals surface area contributed by atoms with Gasteiger partial charge in [-0.1, -0.05) is 30.3 Å². The molecule has 2 heterocycles. The van der Waals surface area contributed by atoms with E-state index in [1.165, 1.54) is 6.07 Å². The summed E-state index contributed by atoms with van der Waals surface area (Å²) in [5.41, 5.74) is 1.16. The van der Waals surface area contributed by atoms with Crippen molar-refractivity contribution in [3.8, 4) is 0 Å². The summed E-state index contributed by atoms with van der Waals surface area (Å²) in [7, 11) is 0. The van der Waals surface area contributed by atoms with E-state index in [0.29, 0.717) is 23.0 Å². The van der Waals surface area contributed by atoms with Gasteiger partial charge >= 0.3 is 5.97 Å². The lowest BCUT2D eigenvalue weighted by molar-refractivity contribution is 0.0475. The highest BCUT2D eigenvalue weighted by Gasteiger charge is 2.18. The predicted molar refractivity (Wildman–Crippen MR) is 95.4 cm³/mol. The summed E-state index contributed by atoms with van der Waals surface area (Å²) in [6, 6.07) is 13.3. The van der Waals surface area contributed by atoms with Gasteiger partial charge in [0.25, 0.3) is 5.56 Å². The van der Waals surface area contributed by atoms with Crippen molar-refractivity contribution in [3.05, 3.63) is 75.8 Å². The van der Waals surface area contributed by atoms with E-state index in [2.05, 4.69) is 4.98 Å². The van der Waals surface area contributed by atoms with Crippen LogP contribution in [0.15, 0.2) is 53.3 Å². The molecular formula is C20H16N2O4. The first-order valence-corrected chi connectivity index (χ1v) is 8.42. The Labute approximate surface area is 149 Å². The van der Waals surface area contributed by atoms with Crippen LogP contribution in [-0.4, -0.2) is 27.9 Å². The lowest BCUT2D eigenvalue weighted by Crippen LogP contribution is -2.21. The van der Waals surface area contributed by atoms with Crippen LogP contribution in [0.2, 0.25) is 0 Å². The molecule has 1 aromatic heterocycles. The Kier molecular flexibility index (Phi) is 4.08. The van der Waals surface area contributed by atoms with Crippen molar-refractivity contribution >= 4 is 22.7 Å². The molecular weight excluding hydrogens is 332 g/mol. The summed E-state index contributed by atoms with van der Waals surface area (Å²) >= 11 is 0. The molecule has 0 radical (unpaired) electrons. The number of benzene rings is 2. The van der Waals surface area contributed by atoms with Gasteiger partial charge < -0.3 is 4.74 Å². The summed E-state index contributed by atoms with van der Waals surface area (Å²) in [6.45, 7) is 0.351. The van der Waals surface area contributed by atoms with Crippen LogP contribution < -0.4 is 5.56 Å². The highest BCUT2D eigenvalue weighted by Crippen LogP contribution is 2.16. The van der Waals surface area contributed by atoms with Gasteiger partial charge in [-0.05, 0) is 24.6 Å². The number of rotatable bonds is 4. The number of esters is 1. The molecule has 0 unspecified atom stereocenters. The molecule has 0 aliphatic carbocycles. The van der Waals surface area contributed by atoms with Crippen LogP contribution in [0.4, 0.5) is 0 Å². The third-order valence-electron chi connectivity index (χ3n) is 4.48. The first kappa shape index (κ1) is 16.2. The van der Waals surface area contributed by atoms with Gasteiger partial charge in [0.15, 0.2) is 12.4 Å². The molecule has 0 amide bonds. The van der Waals surface area contributed by atoms with Gasteiger partial charge in [-0.15, -0.1) is 0 Å². The van der Waals surface area contributed by atoms with E-state index in [1.54, 1.807) is 41.0 Å². The van der Waals surface area contributed by atoms with Crippen molar-refractivity contribution in [2.45, 2.75) is 19.4 Å². The van der Waals surface area contributed by atoms with Gasteiger partial charge in [-0.2, -0.15) is 0 Å². The standard InChI is InChI=1S/C20H16N2O4/c23-17(13-5-2-1-3-6-13)12-26-20(25)14-8-9-15-16(11-14)21-18-7-4-10-22(18)19(15)24/h1-3,5-6,8-9,11H,4,7,10,12H2. The minimum atomic E-state index is -0.612. The van der Waals surface area contributed by atoms with E-state index in [-0.39, 0.29) is 23.5 Å². The highest BCUT2D eigenvalue weighted by molar-refractivity contribution is 6.00. The van der Waals surface area contributed by atoms with Crippen molar-refractivity contribution in [1.82, 2.24) is 9.55 Å². The number of Topliss-reactive ketones (excluding diaryl/α,β-unsaturated/α-hetero) is 1. The van der Waals surface area contributed by atoms with Crippen molar-refractivity contribution < 1.29 is 14.3 Å². The molecule has 26 heavy (non-hydrogen) atoms. The maximum atomic E-state index is 12.4. The molecule has 1 aliphatic heterocycles. The van der Waals surface area contributed by atoms with Crippen molar-refractivity contribution in [2.24, 2.45) is 0 Å². The summed E-state index contributed by atoms with van der Waals surface area (Å²) in [5, 5.41) is 0.479. The Bertz CT molecular complexity index is 1070. The second-order valence-electron chi connectivity index (χ2n) is 6.19. The number of carbonyl (C=O) groups is 2. The van der Waals surface area contributed by atoms with Crippen LogP contribution in [0.25, 0.3) is 10.9 Å². The molecule has 6 nitrogen and oxygen atoms in total. The van der Waals surface area contributed by atoms with Crippen molar-refractivity contribution in [1.29, 1.82) is 0 Å². The number of hydrogen-bond donors (Lipinski definition) is 0. The Hall–Kier alpha value is -3.28. The fraction of sp³-hybridized carbons (Fsp3) is 0.200. The molecule has 0 atom stereocenters. The van der Waals surface area contributed by atoms with Gasteiger partial charge in [0.2, 0.25) is 0 Å². The van der Waals surface area contributed by atoms with Gasteiger partial charge in [0.05, 0.1) is 16.5 Å². The fourth-order valence-corrected chi connectivity index (χ4v) is 3.13. The Morgan fingerprint density at radius 1 is 1.08 bits per heavy atom. The zero-order valence-electron chi connectivity index (χ0n) is 14.0. The monoisotopic (exact) mass is 348 g/mol. The average Bonchev–Trinajstić information content (AvgIpc) is 3.15. The number of ether oxygens (including phenoxy) is 1. The maximum absolute atomic E-state index is 12.4. The summed E-state index contributed by atoms with van der Waals surface area (Å²) in [6.07, 6.45) is 1.65. The van der Waals surface area contributed by atoms with Crippen LogP contribution >= 0.6 is 0 Å². The third kappa shape index (κ3) is 2.90. The van der Waals surface area contributed by atoms with E-state index in [1.807, 2.05) is 6.07 Å². The molecule has 0 spiro atoms. The van der Waals surface area contributed by atoms with E-state index >= 15 is 0 Å². The second kappa shape index (κ2) is 6.55. The molecule has 0 bridgehead atoms. The Morgan fingerprint density at radius 3 is 2.69 bits per heavy atom. The SMILES string of the molecule is O=C(COC(=O)c1ccc2c(=O)n3c(nc2c1)CCC3)c1ccccc1. The largest absolute Gasteiger partial charge is 0.454 e. The molecule has 1 aliphatic rings. The van der Waals surface area contributed by atoms with Crippen LogP contribution in [0.1, 0.15) is 33.0 Å². The first-order chi connectivity index (χ1) is 12.6. The lowest BCUT2D eigenvalue weighted by atomic mass is 10.1. The highest BCUT2D eigenvalue weighted by atomic mass is 16.5. The smallest absolute Gasteiger partial charge is 0.338 e. The number of aromatic nitrogens is 2. The summed E-state index contributed by atoms with van der Waals surface area (Å²) in [5.74, 6) is -0.139. The number of ketones is 1. The van der Waals surface area contributed by atoms with Gasteiger partial charge in [-0.3, -0.25) is 14.2 Å². The Morgan fingerprint density at radius 2 is 1.88 bits per heavy atom. The fourth-order valence-electron chi connectivity index (χ4n) is 3.13. The number of nitrogens with zero attached hydrogens (tertiary/aromatic N) is 2. The number of carbonyl (C=O) groups excluding carboxylic acids is 2. The van der Waals surface area contributed by atoms with E-state index in [9.17, 15) is 14.4 Å². The quantitative estimate of drug-likeness (QED) is 0.534. The number of aryl methyl sites for hydroxylation is 1. The molecule has 0 N–H and O–H groups in total. The van der Waals surface area contributed by atoms with Crippen molar-refractivity contribution in [2.75, 3.05) is 6.61 Å². The Balaban J connectivity index is 1.55. The molecule has 0 saturated carbocycles. The van der Waals surface area contributed by atoms with Gasteiger partial charge in [-0.25, -0.2) is 9.78 Å². The van der Waals surface area contributed by atoms with E-state index < -0.39 is 5.97 Å². The lowest BCUT2D eigenvalue weighted by Gasteiger charge is -2.07. The summed E-state index contributed by atoms with van der Waals surface area (Å²) in [4.78, 5) is 41.2. The van der Waals surface area contributed by atoms with Crippen LogP contribution in [0.3, 0.4) is 0 Å². The number of hydrogen-bond acceptors (Lipinski definition) is 5. The van der Waals surface area contributed by atoms with Crippen LogP contribution in [0.5, 0.6) is 0 Å². The molecule has 6 heteroatoms. The normalized spacial score (nSPS) is 12.8. The zero-order valence-corrected chi connectivity index (χ0v) is 14.0. The van der Waals surface area contributed by atoms with Crippen LogP contribution in [-0.2, 0) is 17.7 Å². The summed E-state index contributed by atoms with van der Waals surface area (Å²) < 4.78 is 6.80. The topological polar surface area (TPSA) is 78.3 Å². The predicted octanol–water partition coefficient (Wildman–Crippen LogP) is 2.38. The first-order valence-electron chi connectivity index (χ1n) is 8.42. The van der Waals surface area contributed by atoms with Gasteiger partial charge in [0, 0.05) is 18.5 Å². The van der Waals surface area contributed by atoms with Crippen molar-refractivity contribution in [3.63, 3.8) is 0 Å². The molecule has 0 saturated heterocycles. The third-order valence-corrected chi connectivity index (χ3v) is 4.48. The van der Waals surface area contributed by atoms with E-state index in [4.69, 9.17) is 4.74 Å². The number of fused-ring (bicyclic) bond motifs is 2. The van der Waals surface area contributed by atoms with Crippen LogP contribution in [0, 0.1) is 0 Å². The second-order valence-corrected chi connectivity index (χ2v) is 6.19. The van der Waals surface area contributed by atoms with Gasteiger partial charge in [0.1, 0.15) is 5.82 Å². The molecule has 4 rings (SSSR count). The zero-order chi connectivity index (χ0) is 18.1. The average molecular weight is 348 g/mol. The molecule has 3 aromatic rings. The van der Waals surface area contributed by atoms with E-state index in [0.717, 1.165) is 18.7 Å². The minimum Gasteiger partial charge on any atom is -0.454 e.